The van der Waals surface area contributed by atoms with Crippen LogP contribution in [0, 0.1) is 0 Å². The maximum Gasteiger partial charge on any atom is 0.206 e. The number of sulfone groups is 1. The van der Waals surface area contributed by atoms with Crippen LogP contribution in [0.4, 0.5) is 11.4 Å². The molecule has 2 rings (SSSR count). The van der Waals surface area contributed by atoms with E-state index in [1.54, 1.807) is 12.1 Å². The Kier molecular flexibility index (Phi) is 5.00. The summed E-state index contributed by atoms with van der Waals surface area (Å²) in [6.07, 6.45) is 0. The SMILES string of the molecule is CCOc1ccc(S(=O)(=O)c2ccc(OCC)c(N)c2)cc1N. The maximum absolute atomic E-state index is 12.7. The van der Waals surface area contributed by atoms with Crippen molar-refractivity contribution < 1.29 is 17.9 Å². The monoisotopic (exact) mass is 336 g/mol. The van der Waals surface area contributed by atoms with E-state index in [1.165, 1.54) is 24.3 Å². The zero-order chi connectivity index (χ0) is 17.0. The molecule has 0 fully saturated rings. The van der Waals surface area contributed by atoms with E-state index in [2.05, 4.69) is 0 Å². The first kappa shape index (κ1) is 17.0. The van der Waals surface area contributed by atoms with Crippen LogP contribution in [-0.2, 0) is 9.84 Å². The Labute approximate surface area is 135 Å². The summed E-state index contributed by atoms with van der Waals surface area (Å²) in [7, 11) is -3.72. The van der Waals surface area contributed by atoms with E-state index in [0.717, 1.165) is 0 Å². The molecule has 0 heterocycles. The molecule has 0 radical (unpaired) electrons. The van der Waals surface area contributed by atoms with Crippen LogP contribution in [0.15, 0.2) is 46.2 Å². The van der Waals surface area contributed by atoms with E-state index in [0.29, 0.717) is 24.7 Å². The number of hydrogen-bond donors (Lipinski definition) is 2. The van der Waals surface area contributed by atoms with E-state index >= 15 is 0 Å². The summed E-state index contributed by atoms with van der Waals surface area (Å²) in [5.41, 5.74) is 12.2. The Morgan fingerprint density at radius 3 is 1.52 bits per heavy atom. The average molecular weight is 336 g/mol. The number of ether oxygens (including phenoxy) is 2. The van der Waals surface area contributed by atoms with Gasteiger partial charge in [0, 0.05) is 0 Å². The molecule has 2 aromatic rings. The first-order chi connectivity index (χ1) is 10.9. The number of nitrogen functional groups attached to an aromatic ring is 2. The molecule has 2 aromatic carbocycles. The summed E-state index contributed by atoms with van der Waals surface area (Å²) < 4.78 is 36.0. The fraction of sp³-hybridized carbons (Fsp3) is 0.250. The smallest absolute Gasteiger partial charge is 0.206 e. The lowest BCUT2D eigenvalue weighted by Gasteiger charge is -2.11. The van der Waals surface area contributed by atoms with Crippen molar-refractivity contribution in [3.8, 4) is 11.5 Å². The molecule has 7 heteroatoms. The van der Waals surface area contributed by atoms with Crippen LogP contribution in [0.1, 0.15) is 13.8 Å². The minimum atomic E-state index is -3.72. The summed E-state index contributed by atoms with van der Waals surface area (Å²) in [6, 6.07) is 8.78. The predicted molar refractivity (Wildman–Crippen MR) is 89.5 cm³/mol. The fourth-order valence-corrected chi connectivity index (χ4v) is 3.43. The van der Waals surface area contributed by atoms with Gasteiger partial charge in [0.25, 0.3) is 0 Å². The van der Waals surface area contributed by atoms with Gasteiger partial charge in [0.15, 0.2) is 0 Å². The van der Waals surface area contributed by atoms with Gasteiger partial charge in [0.05, 0.1) is 34.4 Å². The Morgan fingerprint density at radius 2 is 1.22 bits per heavy atom. The van der Waals surface area contributed by atoms with Gasteiger partial charge in [0.2, 0.25) is 9.84 Å². The number of anilines is 2. The van der Waals surface area contributed by atoms with E-state index in [1.807, 2.05) is 13.8 Å². The van der Waals surface area contributed by atoms with Crippen LogP contribution in [0.25, 0.3) is 0 Å². The number of benzene rings is 2. The van der Waals surface area contributed by atoms with Crippen LogP contribution < -0.4 is 20.9 Å². The van der Waals surface area contributed by atoms with E-state index < -0.39 is 9.84 Å². The Balaban J connectivity index is 2.42. The zero-order valence-electron chi connectivity index (χ0n) is 13.1. The van der Waals surface area contributed by atoms with Crippen molar-refractivity contribution >= 4 is 21.2 Å². The van der Waals surface area contributed by atoms with Crippen molar-refractivity contribution in [1.82, 2.24) is 0 Å². The van der Waals surface area contributed by atoms with Gasteiger partial charge < -0.3 is 20.9 Å². The normalized spacial score (nSPS) is 11.2. The van der Waals surface area contributed by atoms with Gasteiger partial charge in [-0.05, 0) is 50.2 Å². The molecule has 124 valence electrons. The molecule has 23 heavy (non-hydrogen) atoms. The quantitative estimate of drug-likeness (QED) is 0.785. The molecule has 0 unspecified atom stereocenters. The van der Waals surface area contributed by atoms with Crippen molar-refractivity contribution in [1.29, 1.82) is 0 Å². The van der Waals surface area contributed by atoms with Gasteiger partial charge in [-0.3, -0.25) is 0 Å². The summed E-state index contributed by atoms with van der Waals surface area (Å²) in [6.45, 7) is 4.55. The highest BCUT2D eigenvalue weighted by atomic mass is 32.2. The van der Waals surface area contributed by atoms with Crippen molar-refractivity contribution in [3.05, 3.63) is 36.4 Å². The van der Waals surface area contributed by atoms with Crippen molar-refractivity contribution in [3.63, 3.8) is 0 Å². The lowest BCUT2D eigenvalue weighted by Crippen LogP contribution is -2.06. The molecule has 0 spiro atoms. The molecule has 0 saturated carbocycles. The van der Waals surface area contributed by atoms with Gasteiger partial charge in [-0.25, -0.2) is 8.42 Å². The average Bonchev–Trinajstić information content (AvgIpc) is 2.51. The third-order valence-corrected chi connectivity index (χ3v) is 4.93. The molecule has 0 atom stereocenters. The van der Waals surface area contributed by atoms with Crippen molar-refractivity contribution in [2.75, 3.05) is 24.7 Å². The van der Waals surface area contributed by atoms with Crippen molar-refractivity contribution in [2.24, 2.45) is 0 Å². The first-order valence-electron chi connectivity index (χ1n) is 7.19. The summed E-state index contributed by atoms with van der Waals surface area (Å²) in [5, 5.41) is 0. The van der Waals surface area contributed by atoms with Crippen LogP contribution >= 0.6 is 0 Å². The van der Waals surface area contributed by atoms with Crippen LogP contribution in [-0.4, -0.2) is 21.6 Å². The predicted octanol–water partition coefficient (Wildman–Crippen LogP) is 2.48. The standard InChI is InChI=1S/C16H20N2O4S/c1-3-21-15-7-5-11(9-13(15)17)23(19,20)12-6-8-16(22-4-2)14(18)10-12/h5-10H,3-4,17-18H2,1-2H3. The largest absolute Gasteiger partial charge is 0.492 e. The zero-order valence-corrected chi connectivity index (χ0v) is 13.9. The second kappa shape index (κ2) is 6.78. The number of hydrogen-bond acceptors (Lipinski definition) is 6. The summed E-state index contributed by atoms with van der Waals surface area (Å²) >= 11 is 0. The van der Waals surface area contributed by atoms with Gasteiger partial charge in [-0.1, -0.05) is 0 Å². The van der Waals surface area contributed by atoms with Gasteiger partial charge in [-0.15, -0.1) is 0 Å². The Hall–Kier alpha value is -2.41. The van der Waals surface area contributed by atoms with E-state index in [-0.39, 0.29) is 21.2 Å². The highest BCUT2D eigenvalue weighted by Crippen LogP contribution is 2.31. The van der Waals surface area contributed by atoms with Crippen LogP contribution in [0.3, 0.4) is 0 Å². The third kappa shape index (κ3) is 3.50. The first-order valence-corrected chi connectivity index (χ1v) is 8.68. The van der Waals surface area contributed by atoms with E-state index in [4.69, 9.17) is 20.9 Å². The summed E-state index contributed by atoms with van der Waals surface area (Å²) in [5.74, 6) is 0.912. The Morgan fingerprint density at radius 1 is 0.826 bits per heavy atom. The van der Waals surface area contributed by atoms with Crippen molar-refractivity contribution in [2.45, 2.75) is 23.6 Å². The molecule has 0 aliphatic heterocycles. The highest BCUT2D eigenvalue weighted by Gasteiger charge is 2.20. The van der Waals surface area contributed by atoms with Crippen LogP contribution in [0.2, 0.25) is 0 Å². The highest BCUT2D eigenvalue weighted by molar-refractivity contribution is 7.91. The number of nitrogens with two attached hydrogens (primary N) is 2. The molecule has 6 nitrogen and oxygen atoms in total. The lowest BCUT2D eigenvalue weighted by atomic mass is 10.3. The molecule has 0 saturated heterocycles. The van der Waals surface area contributed by atoms with Gasteiger partial charge >= 0.3 is 0 Å². The molecule has 0 aromatic heterocycles. The second-order valence-electron chi connectivity index (χ2n) is 4.77. The second-order valence-corrected chi connectivity index (χ2v) is 6.72. The van der Waals surface area contributed by atoms with Crippen LogP contribution in [0.5, 0.6) is 11.5 Å². The fourth-order valence-electron chi connectivity index (χ4n) is 2.10. The molecular formula is C16H20N2O4S. The maximum atomic E-state index is 12.7. The topological polar surface area (TPSA) is 105 Å². The minimum absolute atomic E-state index is 0.0852. The molecule has 0 aliphatic carbocycles. The Bertz CT molecular complexity index is 742. The van der Waals surface area contributed by atoms with Gasteiger partial charge in [0.1, 0.15) is 11.5 Å². The summed E-state index contributed by atoms with van der Waals surface area (Å²) in [4.78, 5) is 0.170. The number of rotatable bonds is 6. The molecule has 4 N–H and O–H groups in total. The minimum Gasteiger partial charge on any atom is -0.492 e. The third-order valence-electron chi connectivity index (χ3n) is 3.18. The van der Waals surface area contributed by atoms with Gasteiger partial charge in [-0.2, -0.15) is 0 Å². The van der Waals surface area contributed by atoms with E-state index in [9.17, 15) is 8.42 Å². The lowest BCUT2D eigenvalue weighted by molar-refractivity contribution is 0.342. The molecule has 0 aliphatic rings. The molecule has 0 amide bonds. The molecular weight excluding hydrogens is 316 g/mol. The molecule has 0 bridgehead atoms.